The maximum absolute atomic E-state index is 11.5. The van der Waals surface area contributed by atoms with Crippen LogP contribution in [-0.4, -0.2) is 32.2 Å². The number of carbonyl (C=O) groups is 1. The summed E-state index contributed by atoms with van der Waals surface area (Å²) in [6.45, 7) is 6.82. The van der Waals surface area contributed by atoms with Crippen LogP contribution in [0.1, 0.15) is 44.7 Å². The molecule has 2 rings (SSSR count). The zero-order valence-corrected chi connectivity index (χ0v) is 17.0. The molecule has 4 N–H and O–H groups in total. The molecule has 0 fully saturated rings. The normalized spacial score (nSPS) is 12.9. The van der Waals surface area contributed by atoms with Crippen LogP contribution in [0.15, 0.2) is 54.2 Å². The van der Waals surface area contributed by atoms with Crippen LogP contribution in [0.25, 0.3) is 10.8 Å². The fourth-order valence-corrected chi connectivity index (χ4v) is 3.07. The lowest BCUT2D eigenvalue weighted by molar-refractivity contribution is -0.118. The second kappa shape index (κ2) is 12.3. The summed E-state index contributed by atoms with van der Waals surface area (Å²) >= 11 is 0. The number of fused-ring (bicyclic) bond motifs is 1. The number of ether oxygens (including phenoxy) is 1. The Labute approximate surface area is 168 Å². The molecule has 0 heterocycles. The molecular formula is C23H33N3O2. The maximum Gasteiger partial charge on any atom is 0.220 e. The molecule has 0 aromatic heterocycles. The van der Waals surface area contributed by atoms with Crippen LogP contribution in [0.2, 0.25) is 0 Å². The summed E-state index contributed by atoms with van der Waals surface area (Å²) in [5, 5.41) is 8.55. The molecule has 2 aromatic carbocycles. The van der Waals surface area contributed by atoms with E-state index in [1.165, 1.54) is 17.7 Å². The quantitative estimate of drug-likeness (QED) is 0.489. The van der Waals surface area contributed by atoms with Crippen LogP contribution in [0.3, 0.4) is 0 Å². The summed E-state index contributed by atoms with van der Waals surface area (Å²) in [6.07, 6.45) is 4.35. The Balaban J connectivity index is 1.88. The lowest BCUT2D eigenvalue weighted by Crippen LogP contribution is -2.21. The SMILES string of the molecule is CCNCCOCCC/C(=C\CC(N)c1ccc2ccccc2c1)NC(C)=O. The standard InChI is InChI=1S/C23H33N3O2/c1-3-25-14-16-28-15-6-9-22(26-18(2)27)12-13-23(24)21-11-10-19-7-4-5-8-20(19)17-21/h4-5,7-8,10-12,17,23,25H,3,6,9,13-16,24H2,1-2H3,(H,26,27)/b22-12+. The Bertz CT molecular complexity index is 773. The van der Waals surface area contributed by atoms with Crippen molar-refractivity contribution in [3.05, 3.63) is 59.8 Å². The Morgan fingerprint density at radius 3 is 2.71 bits per heavy atom. The number of nitrogens with two attached hydrogens (primary N) is 1. The lowest BCUT2D eigenvalue weighted by atomic mass is 10.00. The molecule has 1 unspecified atom stereocenters. The number of amides is 1. The Kier molecular flexibility index (Phi) is 9.69. The van der Waals surface area contributed by atoms with E-state index in [2.05, 4.69) is 47.9 Å². The van der Waals surface area contributed by atoms with Crippen LogP contribution in [0.4, 0.5) is 0 Å². The lowest BCUT2D eigenvalue weighted by Gasteiger charge is -2.13. The molecule has 0 aliphatic carbocycles. The van der Waals surface area contributed by atoms with E-state index in [1.54, 1.807) is 0 Å². The fraction of sp³-hybridized carbons (Fsp3) is 0.435. The third-order valence-electron chi connectivity index (χ3n) is 4.56. The van der Waals surface area contributed by atoms with Gasteiger partial charge in [0.2, 0.25) is 5.91 Å². The maximum atomic E-state index is 11.5. The third kappa shape index (κ3) is 7.80. The van der Waals surface area contributed by atoms with Gasteiger partial charge in [0, 0.05) is 31.8 Å². The van der Waals surface area contributed by atoms with Crippen molar-refractivity contribution in [3.63, 3.8) is 0 Å². The molecule has 0 bridgehead atoms. The van der Waals surface area contributed by atoms with E-state index in [9.17, 15) is 4.79 Å². The summed E-state index contributed by atoms with van der Waals surface area (Å²) in [5.74, 6) is -0.0569. The van der Waals surface area contributed by atoms with Crippen molar-refractivity contribution >= 4 is 16.7 Å². The molecular weight excluding hydrogens is 350 g/mol. The molecule has 0 aliphatic heterocycles. The van der Waals surface area contributed by atoms with Gasteiger partial charge in [0.1, 0.15) is 0 Å². The first kappa shape index (κ1) is 22.1. The van der Waals surface area contributed by atoms with Gasteiger partial charge in [-0.15, -0.1) is 0 Å². The van der Waals surface area contributed by atoms with E-state index in [-0.39, 0.29) is 11.9 Å². The van der Waals surface area contributed by atoms with E-state index >= 15 is 0 Å². The molecule has 0 spiro atoms. The van der Waals surface area contributed by atoms with Crippen LogP contribution >= 0.6 is 0 Å². The predicted molar refractivity (Wildman–Crippen MR) is 116 cm³/mol. The molecule has 0 aliphatic rings. The first-order valence-corrected chi connectivity index (χ1v) is 10.1. The smallest absolute Gasteiger partial charge is 0.220 e. The summed E-state index contributed by atoms with van der Waals surface area (Å²) in [5.41, 5.74) is 8.42. The topological polar surface area (TPSA) is 76.4 Å². The zero-order valence-electron chi connectivity index (χ0n) is 17.0. The van der Waals surface area contributed by atoms with Gasteiger partial charge in [0.15, 0.2) is 0 Å². The molecule has 1 atom stereocenters. The number of likely N-dealkylation sites (N-methyl/N-ethyl adjacent to an activating group) is 1. The van der Waals surface area contributed by atoms with Crippen molar-refractivity contribution in [1.82, 2.24) is 10.6 Å². The highest BCUT2D eigenvalue weighted by Crippen LogP contribution is 2.22. The van der Waals surface area contributed by atoms with E-state index < -0.39 is 0 Å². The van der Waals surface area contributed by atoms with Crippen molar-refractivity contribution in [2.75, 3.05) is 26.3 Å². The van der Waals surface area contributed by atoms with Crippen LogP contribution < -0.4 is 16.4 Å². The Hall–Kier alpha value is -2.21. The van der Waals surface area contributed by atoms with Gasteiger partial charge in [-0.1, -0.05) is 49.4 Å². The average Bonchev–Trinajstić information content (AvgIpc) is 2.70. The van der Waals surface area contributed by atoms with Crippen molar-refractivity contribution < 1.29 is 9.53 Å². The molecule has 5 nitrogen and oxygen atoms in total. The minimum absolute atomic E-state index is 0.0569. The van der Waals surface area contributed by atoms with Gasteiger partial charge in [-0.3, -0.25) is 4.79 Å². The molecule has 0 saturated heterocycles. The number of rotatable bonds is 12. The first-order chi connectivity index (χ1) is 13.6. The molecule has 1 amide bonds. The van der Waals surface area contributed by atoms with Gasteiger partial charge in [-0.05, 0) is 48.2 Å². The van der Waals surface area contributed by atoms with Crippen LogP contribution in [-0.2, 0) is 9.53 Å². The van der Waals surface area contributed by atoms with Crippen molar-refractivity contribution in [2.45, 2.75) is 39.2 Å². The van der Waals surface area contributed by atoms with E-state index in [0.29, 0.717) is 19.6 Å². The van der Waals surface area contributed by atoms with Crippen molar-refractivity contribution in [1.29, 1.82) is 0 Å². The number of carbonyl (C=O) groups excluding carboxylic acids is 1. The Morgan fingerprint density at radius 1 is 1.18 bits per heavy atom. The monoisotopic (exact) mass is 383 g/mol. The van der Waals surface area contributed by atoms with Gasteiger partial charge >= 0.3 is 0 Å². The van der Waals surface area contributed by atoms with Gasteiger partial charge < -0.3 is 21.1 Å². The largest absolute Gasteiger partial charge is 0.380 e. The fourth-order valence-electron chi connectivity index (χ4n) is 3.07. The minimum Gasteiger partial charge on any atom is -0.380 e. The van der Waals surface area contributed by atoms with Crippen LogP contribution in [0, 0.1) is 0 Å². The number of allylic oxidation sites excluding steroid dienone is 1. The molecule has 28 heavy (non-hydrogen) atoms. The molecule has 152 valence electrons. The van der Waals surface area contributed by atoms with E-state index in [1.807, 2.05) is 18.2 Å². The third-order valence-corrected chi connectivity index (χ3v) is 4.56. The van der Waals surface area contributed by atoms with Crippen LogP contribution in [0.5, 0.6) is 0 Å². The number of nitrogens with one attached hydrogen (secondary N) is 2. The predicted octanol–water partition coefficient (Wildman–Crippen LogP) is 3.66. The highest BCUT2D eigenvalue weighted by Gasteiger charge is 2.07. The minimum atomic E-state index is -0.107. The summed E-state index contributed by atoms with van der Waals surface area (Å²) in [7, 11) is 0. The second-order valence-corrected chi connectivity index (χ2v) is 6.93. The van der Waals surface area contributed by atoms with Gasteiger partial charge in [-0.25, -0.2) is 0 Å². The van der Waals surface area contributed by atoms with Gasteiger partial charge in [-0.2, -0.15) is 0 Å². The zero-order chi connectivity index (χ0) is 20.2. The Morgan fingerprint density at radius 2 is 1.96 bits per heavy atom. The number of hydrogen-bond acceptors (Lipinski definition) is 4. The van der Waals surface area contributed by atoms with Gasteiger partial charge in [0.05, 0.1) is 6.61 Å². The van der Waals surface area contributed by atoms with Gasteiger partial charge in [0.25, 0.3) is 0 Å². The number of benzene rings is 2. The molecule has 2 aromatic rings. The highest BCUT2D eigenvalue weighted by molar-refractivity contribution is 5.83. The summed E-state index contributed by atoms with van der Waals surface area (Å²) in [4.78, 5) is 11.5. The molecule has 0 saturated carbocycles. The highest BCUT2D eigenvalue weighted by atomic mass is 16.5. The van der Waals surface area contributed by atoms with E-state index in [4.69, 9.17) is 10.5 Å². The second-order valence-electron chi connectivity index (χ2n) is 6.93. The summed E-state index contributed by atoms with van der Waals surface area (Å²) in [6, 6.07) is 14.5. The number of hydrogen-bond donors (Lipinski definition) is 3. The van der Waals surface area contributed by atoms with E-state index in [0.717, 1.165) is 37.2 Å². The molecule has 5 heteroatoms. The van der Waals surface area contributed by atoms with Crippen molar-refractivity contribution in [3.8, 4) is 0 Å². The summed E-state index contributed by atoms with van der Waals surface area (Å²) < 4.78 is 5.60. The first-order valence-electron chi connectivity index (χ1n) is 10.1. The average molecular weight is 384 g/mol. The van der Waals surface area contributed by atoms with Crippen molar-refractivity contribution in [2.24, 2.45) is 5.73 Å². The molecule has 0 radical (unpaired) electrons.